The quantitative estimate of drug-likeness (QED) is 0.467. The molecule has 13 heavy (non-hydrogen) atoms. The number of hydrogen-bond donors (Lipinski definition) is 0. The molecule has 0 N–H and O–H groups in total. The molecule has 0 bridgehead atoms. The van der Waals surface area contributed by atoms with Crippen molar-refractivity contribution in [2.45, 2.75) is 19.3 Å². The van der Waals surface area contributed by atoms with Gasteiger partial charge in [0.2, 0.25) is 0 Å². The largest absolute Gasteiger partial charge is 1.00 e. The smallest absolute Gasteiger partial charge is 0.549 e. The molecule has 1 heterocycles. The minimum Gasteiger partial charge on any atom is -0.549 e. The van der Waals surface area contributed by atoms with Crippen molar-refractivity contribution in [3.8, 4) is 0 Å². The van der Waals surface area contributed by atoms with Crippen LogP contribution in [0.15, 0.2) is 24.4 Å². The standard InChI is InChI=1S/C9H11NO2.Na/c1-9(2,8(11)12)7-5-3-4-6-10-7;/h3-6H,1-2H3,(H,11,12);/q;+1/p-1. The van der Waals surface area contributed by atoms with Crippen LogP contribution in [0.2, 0.25) is 0 Å². The molecule has 0 aliphatic carbocycles. The number of aromatic nitrogens is 1. The average molecular weight is 187 g/mol. The number of nitrogens with zero attached hydrogens (tertiary/aromatic N) is 1. The molecule has 0 spiro atoms. The monoisotopic (exact) mass is 187 g/mol. The molecule has 64 valence electrons. The molecule has 4 heteroatoms. The normalized spacial score (nSPS) is 10.3. The summed E-state index contributed by atoms with van der Waals surface area (Å²) in [4.78, 5) is 14.6. The minimum absolute atomic E-state index is 0. The van der Waals surface area contributed by atoms with Crippen LogP contribution < -0.4 is 34.7 Å². The van der Waals surface area contributed by atoms with E-state index < -0.39 is 11.4 Å². The van der Waals surface area contributed by atoms with Crippen molar-refractivity contribution in [1.82, 2.24) is 4.98 Å². The number of carbonyl (C=O) groups is 1. The Bertz CT molecular complexity index is 285. The average Bonchev–Trinajstić information content (AvgIpc) is 2.06. The Morgan fingerprint density at radius 3 is 2.46 bits per heavy atom. The Morgan fingerprint density at radius 2 is 2.08 bits per heavy atom. The van der Waals surface area contributed by atoms with Gasteiger partial charge < -0.3 is 9.90 Å². The fraction of sp³-hybridized carbons (Fsp3) is 0.333. The van der Waals surface area contributed by atoms with E-state index in [1.54, 1.807) is 38.2 Å². The number of hydrogen-bond acceptors (Lipinski definition) is 3. The van der Waals surface area contributed by atoms with Gasteiger partial charge in [-0.15, -0.1) is 0 Å². The van der Waals surface area contributed by atoms with Crippen LogP contribution in [-0.2, 0) is 10.2 Å². The molecule has 0 aliphatic rings. The Labute approximate surface area is 99.5 Å². The second-order valence-electron chi connectivity index (χ2n) is 3.13. The third-order valence-electron chi connectivity index (χ3n) is 1.82. The molecule has 0 amide bonds. The van der Waals surface area contributed by atoms with E-state index in [0.717, 1.165) is 0 Å². The summed E-state index contributed by atoms with van der Waals surface area (Å²) in [6, 6.07) is 5.18. The molecular weight excluding hydrogens is 177 g/mol. The third-order valence-corrected chi connectivity index (χ3v) is 1.82. The molecule has 0 aromatic carbocycles. The van der Waals surface area contributed by atoms with E-state index in [0.29, 0.717) is 5.69 Å². The van der Waals surface area contributed by atoms with Gasteiger partial charge in [0.25, 0.3) is 0 Å². The SMILES string of the molecule is CC(C)(C(=O)[O-])c1ccccn1.[Na+]. The molecule has 0 saturated carbocycles. The van der Waals surface area contributed by atoms with E-state index in [-0.39, 0.29) is 29.6 Å². The number of carbonyl (C=O) groups excluding carboxylic acids is 1. The molecule has 1 rings (SSSR count). The van der Waals surface area contributed by atoms with E-state index in [1.807, 2.05) is 0 Å². The van der Waals surface area contributed by atoms with Crippen LogP contribution in [0.4, 0.5) is 0 Å². The Morgan fingerprint density at radius 1 is 1.46 bits per heavy atom. The predicted molar refractivity (Wildman–Crippen MR) is 42.3 cm³/mol. The van der Waals surface area contributed by atoms with Crippen LogP contribution in [0.5, 0.6) is 0 Å². The first-order valence-corrected chi connectivity index (χ1v) is 3.68. The first kappa shape index (κ1) is 12.6. The third kappa shape index (κ3) is 2.79. The minimum atomic E-state index is -1.11. The van der Waals surface area contributed by atoms with E-state index in [4.69, 9.17) is 0 Å². The topological polar surface area (TPSA) is 53.0 Å². The maximum Gasteiger partial charge on any atom is 1.00 e. The van der Waals surface area contributed by atoms with E-state index in [1.165, 1.54) is 0 Å². The van der Waals surface area contributed by atoms with Crippen molar-refractivity contribution in [3.05, 3.63) is 30.1 Å². The molecule has 1 aromatic rings. The van der Waals surface area contributed by atoms with Gasteiger partial charge in [0.15, 0.2) is 0 Å². The summed E-state index contributed by atoms with van der Waals surface area (Å²) in [5, 5.41) is 10.7. The molecule has 0 unspecified atom stereocenters. The van der Waals surface area contributed by atoms with Gasteiger partial charge in [0.1, 0.15) is 0 Å². The fourth-order valence-electron chi connectivity index (χ4n) is 0.837. The van der Waals surface area contributed by atoms with Crippen molar-refractivity contribution in [2.24, 2.45) is 0 Å². The number of pyridine rings is 1. The number of carboxylic acids is 1. The molecule has 0 radical (unpaired) electrons. The Hall–Kier alpha value is -0.380. The summed E-state index contributed by atoms with van der Waals surface area (Å²) in [6.45, 7) is 3.15. The zero-order valence-corrected chi connectivity index (χ0v) is 10.1. The van der Waals surface area contributed by atoms with Gasteiger partial charge in [-0.05, 0) is 26.0 Å². The van der Waals surface area contributed by atoms with Gasteiger partial charge >= 0.3 is 29.6 Å². The van der Waals surface area contributed by atoms with E-state index in [9.17, 15) is 9.90 Å². The second kappa shape index (κ2) is 4.74. The summed E-state index contributed by atoms with van der Waals surface area (Å²) in [7, 11) is 0. The van der Waals surface area contributed by atoms with Gasteiger partial charge in [-0.3, -0.25) is 4.98 Å². The summed E-state index contributed by atoms with van der Waals surface area (Å²) < 4.78 is 0. The summed E-state index contributed by atoms with van der Waals surface area (Å²) >= 11 is 0. The molecular formula is C9H10NNaO2. The van der Waals surface area contributed by atoms with Crippen molar-refractivity contribution in [2.75, 3.05) is 0 Å². The van der Waals surface area contributed by atoms with E-state index in [2.05, 4.69) is 4.98 Å². The first-order valence-electron chi connectivity index (χ1n) is 3.68. The van der Waals surface area contributed by atoms with Crippen LogP contribution in [0.25, 0.3) is 0 Å². The van der Waals surface area contributed by atoms with Crippen molar-refractivity contribution < 1.29 is 39.5 Å². The Kier molecular flexibility index (Phi) is 4.61. The maximum atomic E-state index is 10.7. The summed E-state index contributed by atoms with van der Waals surface area (Å²) in [5.74, 6) is -1.11. The molecule has 3 nitrogen and oxygen atoms in total. The first-order chi connectivity index (χ1) is 5.55. The summed E-state index contributed by atoms with van der Waals surface area (Å²) in [5.41, 5.74) is -0.494. The Balaban J connectivity index is 0.00000144. The molecule has 0 saturated heterocycles. The van der Waals surface area contributed by atoms with Crippen molar-refractivity contribution in [1.29, 1.82) is 0 Å². The van der Waals surface area contributed by atoms with Gasteiger partial charge in [-0.25, -0.2) is 0 Å². The maximum absolute atomic E-state index is 10.7. The van der Waals surface area contributed by atoms with Crippen LogP contribution >= 0.6 is 0 Å². The zero-order chi connectivity index (χ0) is 9.19. The van der Waals surface area contributed by atoms with Gasteiger partial charge in [-0.2, -0.15) is 0 Å². The van der Waals surface area contributed by atoms with Crippen LogP contribution in [0.1, 0.15) is 19.5 Å². The van der Waals surface area contributed by atoms with Crippen molar-refractivity contribution >= 4 is 5.97 Å². The second-order valence-corrected chi connectivity index (χ2v) is 3.13. The van der Waals surface area contributed by atoms with Crippen LogP contribution in [-0.4, -0.2) is 11.0 Å². The van der Waals surface area contributed by atoms with Crippen LogP contribution in [0.3, 0.4) is 0 Å². The van der Waals surface area contributed by atoms with Gasteiger partial charge in [0.05, 0.1) is 11.7 Å². The number of carboxylic acid groups (broad SMARTS) is 1. The van der Waals surface area contributed by atoms with Gasteiger partial charge in [0, 0.05) is 11.6 Å². The molecule has 0 fully saturated rings. The number of aliphatic carboxylic acids is 1. The van der Waals surface area contributed by atoms with E-state index >= 15 is 0 Å². The van der Waals surface area contributed by atoms with Crippen molar-refractivity contribution in [3.63, 3.8) is 0 Å². The summed E-state index contributed by atoms with van der Waals surface area (Å²) in [6.07, 6.45) is 1.57. The molecule has 0 atom stereocenters. The number of rotatable bonds is 2. The fourth-order valence-corrected chi connectivity index (χ4v) is 0.837. The molecule has 1 aromatic heterocycles. The van der Waals surface area contributed by atoms with Gasteiger partial charge in [-0.1, -0.05) is 6.07 Å². The zero-order valence-electron chi connectivity index (χ0n) is 8.07. The predicted octanol–water partition coefficient (Wildman–Crippen LogP) is -2.89. The van der Waals surface area contributed by atoms with Crippen LogP contribution in [0, 0.1) is 0 Å². The molecule has 0 aliphatic heterocycles.